The number of hydrogen-bond acceptors (Lipinski definition) is 4. The van der Waals surface area contributed by atoms with Crippen molar-refractivity contribution in [2.24, 2.45) is 5.73 Å². The molecular formula is C13H27N3O2. The van der Waals surface area contributed by atoms with Crippen LogP contribution in [0.4, 0.5) is 0 Å². The summed E-state index contributed by atoms with van der Waals surface area (Å²) in [5.74, 6) is -0.283. The van der Waals surface area contributed by atoms with Gasteiger partial charge in [0.05, 0.1) is 12.1 Å². The minimum Gasteiger partial charge on any atom is -0.377 e. The van der Waals surface area contributed by atoms with Crippen molar-refractivity contribution in [3.63, 3.8) is 0 Å². The summed E-state index contributed by atoms with van der Waals surface area (Å²) in [6, 6.07) is -0.0321. The van der Waals surface area contributed by atoms with E-state index in [1.165, 1.54) is 0 Å². The molecule has 1 amide bonds. The van der Waals surface area contributed by atoms with Crippen LogP contribution in [0.3, 0.4) is 0 Å². The number of carbonyl (C=O) groups excluding carboxylic acids is 1. The average molecular weight is 257 g/mol. The van der Waals surface area contributed by atoms with E-state index in [1.54, 1.807) is 0 Å². The maximum atomic E-state index is 11.4. The Bertz CT molecular complexity index is 253. The largest absolute Gasteiger partial charge is 0.377 e. The number of hydrogen-bond donors (Lipinski definition) is 2. The summed E-state index contributed by atoms with van der Waals surface area (Å²) in [7, 11) is 0. The third-order valence-electron chi connectivity index (χ3n) is 3.25. The summed E-state index contributed by atoms with van der Waals surface area (Å²) >= 11 is 0. The van der Waals surface area contributed by atoms with Crippen molar-refractivity contribution in [1.82, 2.24) is 10.2 Å². The van der Waals surface area contributed by atoms with Crippen LogP contribution in [0, 0.1) is 0 Å². The van der Waals surface area contributed by atoms with Gasteiger partial charge < -0.3 is 15.8 Å². The summed E-state index contributed by atoms with van der Waals surface area (Å²) in [5, 5.41) is 3.21. The van der Waals surface area contributed by atoms with E-state index in [4.69, 9.17) is 10.5 Å². The van der Waals surface area contributed by atoms with Crippen LogP contribution in [0.5, 0.6) is 0 Å². The first-order valence-corrected chi connectivity index (χ1v) is 6.92. The Morgan fingerprint density at radius 1 is 1.56 bits per heavy atom. The topological polar surface area (TPSA) is 67.6 Å². The van der Waals surface area contributed by atoms with E-state index in [2.05, 4.69) is 17.1 Å². The molecule has 3 N–H and O–H groups in total. The molecule has 0 bridgehead atoms. The zero-order chi connectivity index (χ0) is 13.5. The molecule has 2 atom stereocenters. The van der Waals surface area contributed by atoms with Crippen LogP contribution in [0.15, 0.2) is 0 Å². The first-order valence-electron chi connectivity index (χ1n) is 6.92. The summed E-state index contributed by atoms with van der Waals surface area (Å²) in [6.45, 7) is 9.46. The first kappa shape index (κ1) is 15.4. The fraction of sp³-hybridized carbons (Fsp3) is 0.923. The Kier molecular flexibility index (Phi) is 6.60. The average Bonchev–Trinajstić information content (AvgIpc) is 2.79. The molecule has 2 unspecified atom stereocenters. The molecule has 106 valence electrons. The number of nitrogens with zero attached hydrogens (tertiary/aromatic N) is 1. The highest BCUT2D eigenvalue weighted by Gasteiger charge is 2.23. The van der Waals surface area contributed by atoms with Gasteiger partial charge in [0.2, 0.25) is 5.91 Å². The molecule has 0 aromatic carbocycles. The van der Waals surface area contributed by atoms with Gasteiger partial charge in [-0.15, -0.1) is 0 Å². The summed E-state index contributed by atoms with van der Waals surface area (Å²) < 4.78 is 5.63. The molecule has 1 rings (SSSR count). The van der Waals surface area contributed by atoms with Gasteiger partial charge in [0.1, 0.15) is 0 Å². The number of likely N-dealkylation sites (N-methyl/N-ethyl adjacent to an activating group) is 1. The smallest absolute Gasteiger partial charge is 0.235 e. The van der Waals surface area contributed by atoms with Crippen molar-refractivity contribution in [3.8, 4) is 0 Å². The molecular weight excluding hydrogens is 230 g/mol. The molecule has 1 aliphatic heterocycles. The van der Waals surface area contributed by atoms with Gasteiger partial charge in [-0.3, -0.25) is 9.69 Å². The van der Waals surface area contributed by atoms with Crippen molar-refractivity contribution >= 4 is 5.91 Å². The maximum Gasteiger partial charge on any atom is 0.235 e. The van der Waals surface area contributed by atoms with Crippen molar-refractivity contribution in [1.29, 1.82) is 0 Å². The molecule has 1 fully saturated rings. The van der Waals surface area contributed by atoms with Gasteiger partial charge in [-0.2, -0.15) is 0 Å². The molecule has 1 aliphatic rings. The number of carbonyl (C=O) groups is 1. The fourth-order valence-corrected chi connectivity index (χ4v) is 2.29. The van der Waals surface area contributed by atoms with Gasteiger partial charge in [-0.25, -0.2) is 0 Å². The zero-order valence-electron chi connectivity index (χ0n) is 11.8. The first-order chi connectivity index (χ1) is 8.52. The second-order valence-corrected chi connectivity index (χ2v) is 5.26. The number of amides is 1. The van der Waals surface area contributed by atoms with Crippen LogP contribution in [-0.4, -0.2) is 55.2 Å². The summed E-state index contributed by atoms with van der Waals surface area (Å²) in [6.07, 6.45) is 2.58. The SMILES string of the molecule is CCN(CC1CCCO1)CC(NC(C)C)C(N)=O. The molecule has 0 saturated carbocycles. The maximum absolute atomic E-state index is 11.4. The second kappa shape index (κ2) is 7.71. The monoisotopic (exact) mass is 257 g/mol. The predicted molar refractivity (Wildman–Crippen MR) is 72.3 cm³/mol. The predicted octanol–water partition coefficient (Wildman–Crippen LogP) is 0.339. The molecule has 0 radical (unpaired) electrons. The van der Waals surface area contributed by atoms with Crippen LogP contribution < -0.4 is 11.1 Å². The van der Waals surface area contributed by atoms with Gasteiger partial charge in [0, 0.05) is 25.7 Å². The van der Waals surface area contributed by atoms with Crippen LogP contribution >= 0.6 is 0 Å². The highest BCUT2D eigenvalue weighted by molar-refractivity contribution is 5.80. The lowest BCUT2D eigenvalue weighted by Crippen LogP contribution is -2.52. The molecule has 5 heteroatoms. The number of ether oxygens (including phenoxy) is 1. The molecule has 1 heterocycles. The van der Waals surface area contributed by atoms with E-state index in [0.29, 0.717) is 12.6 Å². The lowest BCUT2D eigenvalue weighted by atomic mass is 10.2. The normalized spacial score (nSPS) is 21.7. The van der Waals surface area contributed by atoms with E-state index in [-0.39, 0.29) is 18.0 Å². The molecule has 0 aromatic heterocycles. The van der Waals surface area contributed by atoms with Gasteiger partial charge >= 0.3 is 0 Å². The van der Waals surface area contributed by atoms with Crippen molar-refractivity contribution in [3.05, 3.63) is 0 Å². The van der Waals surface area contributed by atoms with E-state index in [0.717, 1.165) is 32.5 Å². The Labute approximate surface area is 110 Å². The molecule has 18 heavy (non-hydrogen) atoms. The van der Waals surface area contributed by atoms with Crippen LogP contribution in [0.1, 0.15) is 33.6 Å². The van der Waals surface area contributed by atoms with Crippen molar-refractivity contribution in [2.45, 2.75) is 51.8 Å². The lowest BCUT2D eigenvalue weighted by molar-refractivity contribution is -0.120. The summed E-state index contributed by atoms with van der Waals surface area (Å²) in [5.41, 5.74) is 5.44. The van der Waals surface area contributed by atoms with Gasteiger partial charge in [0.25, 0.3) is 0 Å². The van der Waals surface area contributed by atoms with Gasteiger partial charge in [0.15, 0.2) is 0 Å². The molecule has 5 nitrogen and oxygen atoms in total. The molecule has 0 aromatic rings. The third kappa shape index (κ3) is 5.33. The minimum atomic E-state index is -0.286. The quantitative estimate of drug-likeness (QED) is 0.658. The van der Waals surface area contributed by atoms with Crippen LogP contribution in [0.2, 0.25) is 0 Å². The van der Waals surface area contributed by atoms with E-state index < -0.39 is 0 Å². The van der Waals surface area contributed by atoms with Crippen molar-refractivity contribution in [2.75, 3.05) is 26.2 Å². The number of rotatable bonds is 8. The van der Waals surface area contributed by atoms with Gasteiger partial charge in [-0.05, 0) is 19.4 Å². The van der Waals surface area contributed by atoms with E-state index >= 15 is 0 Å². The minimum absolute atomic E-state index is 0.254. The van der Waals surface area contributed by atoms with E-state index in [9.17, 15) is 4.79 Å². The van der Waals surface area contributed by atoms with E-state index in [1.807, 2.05) is 13.8 Å². The number of primary amides is 1. The standard InChI is InChI=1S/C13H27N3O2/c1-4-16(8-11-6-5-7-18-11)9-12(13(14)17)15-10(2)3/h10-12,15H,4-9H2,1-3H3,(H2,14,17). The molecule has 1 saturated heterocycles. The molecule has 0 spiro atoms. The fourth-order valence-electron chi connectivity index (χ4n) is 2.29. The Morgan fingerprint density at radius 3 is 2.72 bits per heavy atom. The highest BCUT2D eigenvalue weighted by Crippen LogP contribution is 2.13. The zero-order valence-corrected chi connectivity index (χ0v) is 11.8. The Balaban J connectivity index is 2.44. The molecule has 0 aliphatic carbocycles. The Hall–Kier alpha value is -0.650. The number of nitrogens with two attached hydrogens (primary N) is 1. The number of nitrogens with one attached hydrogen (secondary N) is 1. The van der Waals surface area contributed by atoms with Crippen LogP contribution in [0.25, 0.3) is 0 Å². The Morgan fingerprint density at radius 2 is 2.28 bits per heavy atom. The summed E-state index contributed by atoms with van der Waals surface area (Å²) in [4.78, 5) is 13.7. The van der Waals surface area contributed by atoms with Crippen LogP contribution in [-0.2, 0) is 9.53 Å². The van der Waals surface area contributed by atoms with Crippen molar-refractivity contribution < 1.29 is 9.53 Å². The second-order valence-electron chi connectivity index (χ2n) is 5.26. The van der Waals surface area contributed by atoms with Gasteiger partial charge in [-0.1, -0.05) is 20.8 Å². The lowest BCUT2D eigenvalue weighted by Gasteiger charge is -2.28. The third-order valence-corrected chi connectivity index (χ3v) is 3.25. The highest BCUT2D eigenvalue weighted by atomic mass is 16.5.